The van der Waals surface area contributed by atoms with E-state index in [2.05, 4.69) is 0 Å². The summed E-state index contributed by atoms with van der Waals surface area (Å²) in [5.41, 5.74) is -1.13. The lowest BCUT2D eigenvalue weighted by atomic mass is 9.41. The molecule has 1 spiro atoms. The topological polar surface area (TPSA) is 82.1 Å². The van der Waals surface area contributed by atoms with Crippen molar-refractivity contribution in [2.45, 2.75) is 70.4 Å². The first kappa shape index (κ1) is 16.1. The van der Waals surface area contributed by atoms with E-state index in [1.54, 1.807) is 0 Å². The summed E-state index contributed by atoms with van der Waals surface area (Å²) in [5, 5.41) is 11.0. The molecule has 3 aliphatic heterocycles. The van der Waals surface area contributed by atoms with Gasteiger partial charge in [0.1, 0.15) is 17.6 Å². The fraction of sp³-hybridized carbons (Fsp3) is 0.895. The molecule has 3 saturated heterocycles. The maximum Gasteiger partial charge on any atom is 0.318 e. The van der Waals surface area contributed by atoms with E-state index < -0.39 is 11.2 Å². The molecule has 6 rings (SSSR count). The number of hydrogen-bond donors (Lipinski definition) is 1. The van der Waals surface area contributed by atoms with Crippen LogP contribution in [-0.4, -0.2) is 41.6 Å². The van der Waals surface area contributed by atoms with Crippen molar-refractivity contribution in [1.82, 2.24) is 0 Å². The Balaban J connectivity index is 1.59. The lowest BCUT2D eigenvalue weighted by Gasteiger charge is -2.67. The number of fused-ring (bicyclic) bond motifs is 3. The molecular weight excluding hydrogens is 324 g/mol. The molecule has 138 valence electrons. The Morgan fingerprint density at radius 3 is 2.80 bits per heavy atom. The second kappa shape index (κ2) is 4.77. The summed E-state index contributed by atoms with van der Waals surface area (Å²) in [7, 11) is 0. The van der Waals surface area contributed by atoms with Gasteiger partial charge in [0, 0.05) is 30.6 Å². The van der Waals surface area contributed by atoms with Crippen LogP contribution >= 0.6 is 0 Å². The van der Waals surface area contributed by atoms with Crippen LogP contribution in [-0.2, 0) is 23.8 Å². The van der Waals surface area contributed by atoms with E-state index in [0.29, 0.717) is 18.9 Å². The zero-order valence-corrected chi connectivity index (χ0v) is 14.8. The van der Waals surface area contributed by atoms with E-state index in [0.717, 1.165) is 32.1 Å². The van der Waals surface area contributed by atoms with Gasteiger partial charge in [-0.2, -0.15) is 0 Å². The highest BCUT2D eigenvalue weighted by Gasteiger charge is 2.79. The minimum atomic E-state index is -1.40. The molecule has 8 atom stereocenters. The third-order valence-corrected chi connectivity index (χ3v) is 8.17. The van der Waals surface area contributed by atoms with Crippen LogP contribution in [0, 0.1) is 28.6 Å². The normalized spacial score (nSPS) is 56.0. The molecule has 0 aromatic heterocycles. The van der Waals surface area contributed by atoms with Crippen LogP contribution in [0.15, 0.2) is 0 Å². The molecule has 0 aromatic rings. The van der Waals surface area contributed by atoms with Crippen molar-refractivity contribution in [3.05, 3.63) is 0 Å². The Hall–Kier alpha value is -1.14. The number of ether oxygens (including phenoxy) is 3. The van der Waals surface area contributed by atoms with Gasteiger partial charge in [-0.25, -0.2) is 0 Å². The highest BCUT2D eigenvalue weighted by molar-refractivity contribution is 5.81. The maximum atomic E-state index is 12.8. The molecule has 6 heteroatoms. The minimum absolute atomic E-state index is 0.00247. The second-order valence-electron chi connectivity index (χ2n) is 9.01. The lowest BCUT2D eigenvalue weighted by Crippen LogP contribution is -2.73. The Morgan fingerprint density at radius 2 is 2.12 bits per heavy atom. The fourth-order valence-corrected chi connectivity index (χ4v) is 7.22. The van der Waals surface area contributed by atoms with Crippen LogP contribution in [0.3, 0.4) is 0 Å². The summed E-state index contributed by atoms with van der Waals surface area (Å²) in [6.07, 6.45) is 4.72. The first-order chi connectivity index (χ1) is 11.8. The number of hydrogen-bond acceptors (Lipinski definition) is 6. The van der Waals surface area contributed by atoms with Crippen LogP contribution in [0.4, 0.5) is 0 Å². The lowest BCUT2D eigenvalue weighted by molar-refractivity contribution is -0.378. The van der Waals surface area contributed by atoms with E-state index >= 15 is 0 Å². The van der Waals surface area contributed by atoms with Crippen molar-refractivity contribution in [2.24, 2.45) is 28.6 Å². The summed E-state index contributed by atoms with van der Waals surface area (Å²) in [5.74, 6) is -1.40. The van der Waals surface area contributed by atoms with Crippen molar-refractivity contribution in [3.8, 4) is 0 Å². The van der Waals surface area contributed by atoms with Crippen molar-refractivity contribution < 1.29 is 28.9 Å². The summed E-state index contributed by atoms with van der Waals surface area (Å²) >= 11 is 0. The average Bonchev–Trinajstić information content (AvgIpc) is 2.84. The molecule has 0 aromatic carbocycles. The molecule has 3 saturated carbocycles. The molecule has 25 heavy (non-hydrogen) atoms. The zero-order valence-electron chi connectivity index (χ0n) is 14.8. The molecule has 6 fully saturated rings. The van der Waals surface area contributed by atoms with Gasteiger partial charge in [-0.05, 0) is 44.9 Å². The molecule has 1 N–H and O–H groups in total. The van der Waals surface area contributed by atoms with E-state index in [-0.39, 0.29) is 41.4 Å². The number of aliphatic hydroxyl groups is 1. The predicted octanol–water partition coefficient (Wildman–Crippen LogP) is 1.78. The van der Waals surface area contributed by atoms with Gasteiger partial charge in [-0.3, -0.25) is 9.59 Å². The Morgan fingerprint density at radius 1 is 1.32 bits per heavy atom. The molecule has 3 heterocycles. The van der Waals surface area contributed by atoms with Gasteiger partial charge in [-0.1, -0.05) is 0 Å². The van der Waals surface area contributed by atoms with E-state index in [1.165, 1.54) is 6.92 Å². The highest BCUT2D eigenvalue weighted by Crippen LogP contribution is 2.72. The first-order valence-electron chi connectivity index (χ1n) is 9.56. The minimum Gasteiger partial charge on any atom is -0.462 e. The quantitative estimate of drug-likeness (QED) is 0.726. The van der Waals surface area contributed by atoms with E-state index in [4.69, 9.17) is 14.2 Å². The standard InChI is InChI=1S/C19H26O6/c1-10(20)24-13-5-3-4-12-11(13)8-14-15-17(2,16(21)25-14)19(22)7-6-18(12,15)9-23-19/h11-15,22H,3-9H2,1-2H3. The number of carbonyl (C=O) groups excluding carboxylic acids is 2. The molecular formula is C19H26O6. The average molecular weight is 350 g/mol. The van der Waals surface area contributed by atoms with Gasteiger partial charge in [-0.15, -0.1) is 0 Å². The van der Waals surface area contributed by atoms with Gasteiger partial charge < -0.3 is 19.3 Å². The summed E-state index contributed by atoms with van der Waals surface area (Å²) < 4.78 is 17.4. The molecule has 2 bridgehead atoms. The van der Waals surface area contributed by atoms with Crippen LogP contribution < -0.4 is 0 Å². The monoisotopic (exact) mass is 350 g/mol. The van der Waals surface area contributed by atoms with Crippen LogP contribution in [0.5, 0.6) is 0 Å². The summed E-state index contributed by atoms with van der Waals surface area (Å²) in [4.78, 5) is 24.3. The van der Waals surface area contributed by atoms with E-state index in [1.807, 2.05) is 6.92 Å². The smallest absolute Gasteiger partial charge is 0.318 e. The maximum absolute atomic E-state index is 12.8. The van der Waals surface area contributed by atoms with Gasteiger partial charge in [0.25, 0.3) is 0 Å². The molecule has 0 radical (unpaired) electrons. The fourth-order valence-electron chi connectivity index (χ4n) is 7.22. The van der Waals surface area contributed by atoms with Crippen LogP contribution in [0.1, 0.15) is 52.4 Å². The first-order valence-corrected chi connectivity index (χ1v) is 9.56. The van der Waals surface area contributed by atoms with Crippen molar-refractivity contribution in [2.75, 3.05) is 6.61 Å². The third kappa shape index (κ3) is 1.73. The largest absolute Gasteiger partial charge is 0.462 e. The molecule has 3 aliphatic carbocycles. The van der Waals surface area contributed by atoms with Gasteiger partial charge in [0.15, 0.2) is 5.79 Å². The number of rotatable bonds is 1. The zero-order chi connectivity index (χ0) is 17.6. The van der Waals surface area contributed by atoms with Gasteiger partial charge >= 0.3 is 11.9 Å². The number of esters is 2. The summed E-state index contributed by atoms with van der Waals surface area (Å²) in [6, 6.07) is 0. The Labute approximate surface area is 147 Å². The van der Waals surface area contributed by atoms with Crippen molar-refractivity contribution in [3.63, 3.8) is 0 Å². The van der Waals surface area contributed by atoms with Crippen LogP contribution in [0.2, 0.25) is 0 Å². The SMILES string of the molecule is CC(=O)OC1CCCC2C1CC1OC(=O)C3(C)C1C21CCC3(O)OC1. The van der Waals surface area contributed by atoms with E-state index in [9.17, 15) is 14.7 Å². The van der Waals surface area contributed by atoms with Gasteiger partial charge in [0.2, 0.25) is 0 Å². The van der Waals surface area contributed by atoms with Crippen LogP contribution in [0.25, 0.3) is 0 Å². The number of carbonyl (C=O) groups is 2. The van der Waals surface area contributed by atoms with Gasteiger partial charge in [0.05, 0.1) is 6.61 Å². The predicted molar refractivity (Wildman–Crippen MR) is 85.0 cm³/mol. The summed E-state index contributed by atoms with van der Waals surface area (Å²) in [6.45, 7) is 3.77. The highest BCUT2D eigenvalue weighted by atomic mass is 16.6. The second-order valence-corrected chi connectivity index (χ2v) is 9.01. The van der Waals surface area contributed by atoms with Crippen molar-refractivity contribution in [1.29, 1.82) is 0 Å². The molecule has 6 nitrogen and oxygen atoms in total. The third-order valence-electron chi connectivity index (χ3n) is 8.17. The van der Waals surface area contributed by atoms with Crippen molar-refractivity contribution >= 4 is 11.9 Å². The Bertz CT molecular complexity index is 636. The Kier molecular flexibility index (Phi) is 3.06. The molecule has 6 aliphatic rings. The molecule has 8 unspecified atom stereocenters. The molecule has 0 amide bonds.